The van der Waals surface area contributed by atoms with E-state index < -0.39 is 0 Å². The Bertz CT molecular complexity index is 360. The van der Waals surface area contributed by atoms with Crippen LogP contribution in [0.15, 0.2) is 18.2 Å². The van der Waals surface area contributed by atoms with Gasteiger partial charge in [0.25, 0.3) is 0 Å². The summed E-state index contributed by atoms with van der Waals surface area (Å²) in [7, 11) is 0. The molecular weight excluding hydrogens is 214 g/mol. The third-order valence-corrected chi connectivity index (χ3v) is 5.12. The summed E-state index contributed by atoms with van der Waals surface area (Å²) in [5.74, 6) is 1.26. The first-order valence-electron chi connectivity index (χ1n) is 5.99. The zero-order chi connectivity index (χ0) is 11.8. The molecule has 0 spiro atoms. The van der Waals surface area contributed by atoms with Gasteiger partial charge >= 0.3 is 0 Å². The minimum atomic E-state index is 0.165. The largest absolute Gasteiger partial charge is 0.323 e. The highest BCUT2D eigenvalue weighted by atomic mass is 32.2. The van der Waals surface area contributed by atoms with Crippen LogP contribution in [0.5, 0.6) is 0 Å². The number of aryl methyl sites for hydroxylation is 2. The van der Waals surface area contributed by atoms with Crippen molar-refractivity contribution < 1.29 is 0 Å². The van der Waals surface area contributed by atoms with E-state index in [1.54, 1.807) is 0 Å². The van der Waals surface area contributed by atoms with Gasteiger partial charge in [-0.15, -0.1) is 0 Å². The quantitative estimate of drug-likeness (QED) is 0.847. The van der Waals surface area contributed by atoms with Crippen LogP contribution >= 0.6 is 11.8 Å². The molecular formula is C14H21NS. The van der Waals surface area contributed by atoms with Crippen molar-refractivity contribution >= 4 is 11.8 Å². The monoisotopic (exact) mass is 235 g/mol. The molecule has 2 heteroatoms. The van der Waals surface area contributed by atoms with Crippen molar-refractivity contribution in [3.05, 3.63) is 34.9 Å². The highest BCUT2D eigenvalue weighted by Crippen LogP contribution is 2.45. The number of thioether (sulfide) groups is 1. The minimum absolute atomic E-state index is 0.165. The summed E-state index contributed by atoms with van der Waals surface area (Å²) in [5, 5.41) is 0. The van der Waals surface area contributed by atoms with Gasteiger partial charge in [-0.25, -0.2) is 0 Å². The van der Waals surface area contributed by atoms with Gasteiger partial charge < -0.3 is 5.73 Å². The molecule has 0 radical (unpaired) electrons. The first-order valence-corrected chi connectivity index (χ1v) is 6.97. The van der Waals surface area contributed by atoms with E-state index in [1.807, 2.05) is 11.8 Å². The normalized spacial score (nSPS) is 27.0. The van der Waals surface area contributed by atoms with E-state index in [0.717, 1.165) is 0 Å². The van der Waals surface area contributed by atoms with Crippen molar-refractivity contribution in [1.82, 2.24) is 0 Å². The van der Waals surface area contributed by atoms with Crippen LogP contribution < -0.4 is 5.73 Å². The molecule has 1 aromatic carbocycles. The van der Waals surface area contributed by atoms with E-state index >= 15 is 0 Å². The average molecular weight is 235 g/mol. The lowest BCUT2D eigenvalue weighted by molar-refractivity contribution is 0.501. The van der Waals surface area contributed by atoms with Crippen molar-refractivity contribution in [1.29, 1.82) is 0 Å². The van der Waals surface area contributed by atoms with Crippen LogP contribution in [0.3, 0.4) is 0 Å². The summed E-state index contributed by atoms with van der Waals surface area (Å²) in [5.41, 5.74) is 10.4. The van der Waals surface area contributed by atoms with Gasteiger partial charge in [0, 0.05) is 10.8 Å². The maximum atomic E-state index is 6.45. The Kier molecular flexibility index (Phi) is 3.32. The summed E-state index contributed by atoms with van der Waals surface area (Å²) < 4.78 is 0.236. The molecule has 1 aromatic rings. The fraction of sp³-hybridized carbons (Fsp3) is 0.571. The first kappa shape index (κ1) is 12.0. The van der Waals surface area contributed by atoms with Crippen molar-refractivity contribution in [2.75, 3.05) is 5.75 Å². The van der Waals surface area contributed by atoms with Crippen LogP contribution in [-0.4, -0.2) is 10.5 Å². The molecule has 1 aliphatic rings. The van der Waals surface area contributed by atoms with Crippen LogP contribution in [-0.2, 0) is 0 Å². The number of benzene rings is 1. The zero-order valence-corrected chi connectivity index (χ0v) is 11.2. The number of hydrogen-bond acceptors (Lipinski definition) is 2. The Morgan fingerprint density at radius 2 is 1.88 bits per heavy atom. The molecule has 1 heterocycles. The van der Waals surface area contributed by atoms with E-state index in [1.165, 1.54) is 35.3 Å². The fourth-order valence-corrected chi connectivity index (χ4v) is 3.95. The second kappa shape index (κ2) is 4.42. The van der Waals surface area contributed by atoms with Gasteiger partial charge in [-0.1, -0.05) is 29.3 Å². The van der Waals surface area contributed by atoms with Crippen LogP contribution in [0.1, 0.15) is 42.5 Å². The van der Waals surface area contributed by atoms with Gasteiger partial charge in [-0.3, -0.25) is 0 Å². The summed E-state index contributed by atoms with van der Waals surface area (Å²) in [6, 6.07) is 6.85. The first-order chi connectivity index (χ1) is 7.51. The second-order valence-electron chi connectivity index (χ2n) is 5.16. The van der Waals surface area contributed by atoms with E-state index in [2.05, 4.69) is 39.0 Å². The third-order valence-electron chi connectivity index (χ3n) is 3.51. The van der Waals surface area contributed by atoms with Gasteiger partial charge in [0.2, 0.25) is 0 Å². The Balaban J connectivity index is 2.29. The highest BCUT2D eigenvalue weighted by molar-refractivity contribution is 8.00. The standard InChI is InChI=1S/C14H21NS/c1-10-7-11(2)9-12(8-10)13(15)14(3)5-4-6-16-14/h7-9,13H,4-6,15H2,1-3H3. The predicted octanol–water partition coefficient (Wildman–Crippen LogP) is 3.59. The molecule has 0 bridgehead atoms. The van der Waals surface area contributed by atoms with Crippen molar-refractivity contribution in [2.24, 2.45) is 5.73 Å². The molecule has 0 amide bonds. The van der Waals surface area contributed by atoms with Gasteiger partial charge in [0.05, 0.1) is 0 Å². The minimum Gasteiger partial charge on any atom is -0.323 e. The lowest BCUT2D eigenvalue weighted by Gasteiger charge is -2.31. The molecule has 2 atom stereocenters. The van der Waals surface area contributed by atoms with Crippen LogP contribution in [0, 0.1) is 13.8 Å². The van der Waals surface area contributed by atoms with Gasteiger partial charge in [-0.2, -0.15) is 11.8 Å². The molecule has 16 heavy (non-hydrogen) atoms. The number of hydrogen-bond donors (Lipinski definition) is 1. The highest BCUT2D eigenvalue weighted by Gasteiger charge is 2.36. The van der Waals surface area contributed by atoms with E-state index in [0.29, 0.717) is 0 Å². The van der Waals surface area contributed by atoms with E-state index in [-0.39, 0.29) is 10.8 Å². The molecule has 2 rings (SSSR count). The molecule has 0 aliphatic carbocycles. The Labute approximate surface area is 103 Å². The number of nitrogens with two attached hydrogens (primary N) is 1. The summed E-state index contributed by atoms with van der Waals surface area (Å²) >= 11 is 2.03. The van der Waals surface area contributed by atoms with Crippen LogP contribution in [0.25, 0.3) is 0 Å². The maximum Gasteiger partial charge on any atom is 0.0441 e. The lowest BCUT2D eigenvalue weighted by atomic mass is 9.89. The zero-order valence-electron chi connectivity index (χ0n) is 10.4. The van der Waals surface area contributed by atoms with Crippen LogP contribution in [0.2, 0.25) is 0 Å². The van der Waals surface area contributed by atoms with Crippen LogP contribution in [0.4, 0.5) is 0 Å². The third kappa shape index (κ3) is 2.28. The summed E-state index contributed by atoms with van der Waals surface area (Å²) in [6.45, 7) is 6.60. The van der Waals surface area contributed by atoms with Crippen molar-refractivity contribution in [3.8, 4) is 0 Å². The van der Waals surface area contributed by atoms with E-state index in [4.69, 9.17) is 5.73 Å². The van der Waals surface area contributed by atoms with Gasteiger partial charge in [0.15, 0.2) is 0 Å². The fourth-order valence-electron chi connectivity index (χ4n) is 2.59. The molecule has 88 valence electrons. The Morgan fingerprint density at radius 3 is 2.38 bits per heavy atom. The predicted molar refractivity (Wildman–Crippen MR) is 72.9 cm³/mol. The molecule has 1 saturated heterocycles. The Morgan fingerprint density at radius 1 is 1.25 bits per heavy atom. The smallest absolute Gasteiger partial charge is 0.0441 e. The molecule has 2 N–H and O–H groups in total. The molecule has 2 unspecified atom stereocenters. The van der Waals surface area contributed by atoms with Gasteiger partial charge in [0.1, 0.15) is 0 Å². The summed E-state index contributed by atoms with van der Waals surface area (Å²) in [6.07, 6.45) is 2.55. The molecule has 1 aliphatic heterocycles. The molecule has 0 saturated carbocycles. The second-order valence-corrected chi connectivity index (χ2v) is 6.79. The summed E-state index contributed by atoms with van der Waals surface area (Å²) in [4.78, 5) is 0. The molecule has 1 fully saturated rings. The van der Waals surface area contributed by atoms with Crippen molar-refractivity contribution in [2.45, 2.75) is 44.4 Å². The SMILES string of the molecule is Cc1cc(C)cc(C(N)C2(C)CCCS2)c1. The maximum absolute atomic E-state index is 6.45. The molecule has 1 nitrogen and oxygen atoms in total. The molecule has 0 aromatic heterocycles. The average Bonchev–Trinajstić information content (AvgIpc) is 2.64. The van der Waals surface area contributed by atoms with Crippen molar-refractivity contribution in [3.63, 3.8) is 0 Å². The topological polar surface area (TPSA) is 26.0 Å². The lowest BCUT2D eigenvalue weighted by Crippen LogP contribution is -2.33. The van der Waals surface area contributed by atoms with E-state index in [9.17, 15) is 0 Å². The Hall–Kier alpha value is -0.470. The van der Waals surface area contributed by atoms with Gasteiger partial charge in [-0.05, 0) is 44.9 Å². The number of rotatable bonds is 2.